The molecule has 3 unspecified atom stereocenters. The highest BCUT2D eigenvalue weighted by Gasteiger charge is 2.28. The largest absolute Gasteiger partial charge is 0.316 e. The molecule has 1 N–H and O–H groups in total. The zero-order valence-electron chi connectivity index (χ0n) is 11.4. The molecule has 18 heavy (non-hydrogen) atoms. The number of hydrogen-bond donors (Lipinski definition) is 1. The average molecular weight is 283 g/mol. The van der Waals surface area contributed by atoms with Crippen molar-refractivity contribution in [3.63, 3.8) is 0 Å². The van der Waals surface area contributed by atoms with Gasteiger partial charge in [-0.15, -0.1) is 11.8 Å². The van der Waals surface area contributed by atoms with Gasteiger partial charge in [-0.1, -0.05) is 13.8 Å². The van der Waals surface area contributed by atoms with E-state index in [9.17, 15) is 0 Å². The Bertz CT molecular complexity index is 411. The number of aromatic nitrogens is 2. The lowest BCUT2D eigenvalue weighted by molar-refractivity contribution is 0.779. The molecule has 1 saturated heterocycles. The zero-order valence-corrected chi connectivity index (χ0v) is 13.1. The van der Waals surface area contributed by atoms with E-state index in [1.807, 2.05) is 36.8 Å². The first-order chi connectivity index (χ1) is 8.61. The fourth-order valence-corrected chi connectivity index (χ4v) is 4.80. The van der Waals surface area contributed by atoms with Crippen molar-refractivity contribution in [3.8, 4) is 0 Å². The van der Waals surface area contributed by atoms with Crippen molar-refractivity contribution < 1.29 is 0 Å². The van der Waals surface area contributed by atoms with Gasteiger partial charge in [0.05, 0.1) is 5.25 Å². The van der Waals surface area contributed by atoms with E-state index in [0.29, 0.717) is 10.5 Å². The predicted molar refractivity (Wildman–Crippen MR) is 81.2 cm³/mol. The quantitative estimate of drug-likeness (QED) is 0.923. The highest BCUT2D eigenvalue weighted by Crippen LogP contribution is 2.43. The summed E-state index contributed by atoms with van der Waals surface area (Å²) in [6.07, 6.45) is 1.97. The van der Waals surface area contributed by atoms with Gasteiger partial charge < -0.3 is 5.32 Å². The summed E-state index contributed by atoms with van der Waals surface area (Å²) < 4.78 is 0. The van der Waals surface area contributed by atoms with Crippen LogP contribution in [0.15, 0.2) is 6.20 Å². The summed E-state index contributed by atoms with van der Waals surface area (Å²) in [5, 5.41) is 5.00. The smallest absolute Gasteiger partial charge is 0.142 e. The van der Waals surface area contributed by atoms with Crippen LogP contribution in [0.1, 0.15) is 36.2 Å². The zero-order chi connectivity index (χ0) is 13.1. The van der Waals surface area contributed by atoms with Crippen LogP contribution in [-0.2, 0) is 6.54 Å². The molecular weight excluding hydrogens is 262 g/mol. The van der Waals surface area contributed by atoms with Crippen molar-refractivity contribution >= 4 is 23.5 Å². The van der Waals surface area contributed by atoms with Crippen molar-refractivity contribution in [3.05, 3.63) is 23.3 Å². The number of nitrogens with one attached hydrogen (secondary N) is 1. The van der Waals surface area contributed by atoms with E-state index < -0.39 is 0 Å². The Morgan fingerprint density at radius 1 is 1.39 bits per heavy atom. The Labute approximate surface area is 118 Å². The average Bonchev–Trinajstić information content (AvgIpc) is 2.35. The molecule has 3 nitrogen and oxygen atoms in total. The van der Waals surface area contributed by atoms with Crippen LogP contribution >= 0.6 is 23.5 Å². The van der Waals surface area contributed by atoms with Crippen LogP contribution in [0.3, 0.4) is 0 Å². The van der Waals surface area contributed by atoms with Crippen LogP contribution in [0.5, 0.6) is 0 Å². The summed E-state index contributed by atoms with van der Waals surface area (Å²) >= 11 is 4.05. The highest BCUT2D eigenvalue weighted by molar-refractivity contribution is 8.07. The number of rotatable bonds is 3. The minimum atomic E-state index is 0.448. The van der Waals surface area contributed by atoms with Crippen LogP contribution in [0.4, 0.5) is 0 Å². The van der Waals surface area contributed by atoms with Crippen LogP contribution in [-0.4, -0.2) is 33.3 Å². The molecule has 3 atom stereocenters. The van der Waals surface area contributed by atoms with Gasteiger partial charge >= 0.3 is 0 Å². The van der Waals surface area contributed by atoms with Gasteiger partial charge in [0, 0.05) is 40.3 Å². The van der Waals surface area contributed by atoms with Crippen molar-refractivity contribution in [1.29, 1.82) is 0 Å². The molecule has 1 aromatic rings. The Morgan fingerprint density at radius 3 is 2.78 bits per heavy atom. The summed E-state index contributed by atoms with van der Waals surface area (Å²) in [7, 11) is 1.95. The van der Waals surface area contributed by atoms with Crippen LogP contribution in [0.2, 0.25) is 0 Å². The monoisotopic (exact) mass is 283 g/mol. The number of nitrogens with zero attached hydrogens (tertiary/aromatic N) is 2. The summed E-state index contributed by atoms with van der Waals surface area (Å²) in [6, 6.07) is 0. The summed E-state index contributed by atoms with van der Waals surface area (Å²) in [5.41, 5.74) is 2.29. The molecule has 0 spiro atoms. The molecule has 0 aromatic carbocycles. The van der Waals surface area contributed by atoms with Crippen LogP contribution in [0.25, 0.3) is 0 Å². The molecule has 100 valence electrons. The minimum absolute atomic E-state index is 0.448. The Hall–Kier alpha value is -0.260. The molecule has 0 saturated carbocycles. The van der Waals surface area contributed by atoms with Gasteiger partial charge in [-0.05, 0) is 14.0 Å². The van der Waals surface area contributed by atoms with Gasteiger partial charge in [0.1, 0.15) is 5.82 Å². The molecule has 1 fully saturated rings. The van der Waals surface area contributed by atoms with Gasteiger partial charge in [0.25, 0.3) is 0 Å². The van der Waals surface area contributed by atoms with Crippen LogP contribution < -0.4 is 5.32 Å². The van der Waals surface area contributed by atoms with Crippen molar-refractivity contribution in [2.24, 2.45) is 0 Å². The Morgan fingerprint density at radius 2 is 2.17 bits per heavy atom. The third kappa shape index (κ3) is 3.19. The fraction of sp³-hybridized carbons (Fsp3) is 0.692. The van der Waals surface area contributed by atoms with Crippen LogP contribution in [0, 0.1) is 6.92 Å². The standard InChI is InChI=1S/C13H21N3S2/c1-8-11(5-14-4)6-15-13(16-8)12-7-17-9(2)10(3)18-12/h6,9-10,12,14H,5,7H2,1-4H3. The van der Waals surface area contributed by atoms with Crippen molar-refractivity contribution in [2.45, 2.75) is 43.1 Å². The second-order valence-corrected chi connectivity index (χ2v) is 7.73. The second-order valence-electron chi connectivity index (χ2n) is 4.74. The summed E-state index contributed by atoms with van der Waals surface area (Å²) in [4.78, 5) is 9.25. The van der Waals surface area contributed by atoms with Gasteiger partial charge in [0.15, 0.2) is 0 Å². The highest BCUT2D eigenvalue weighted by atomic mass is 32.2. The number of hydrogen-bond acceptors (Lipinski definition) is 5. The third-order valence-electron chi connectivity index (χ3n) is 3.31. The molecule has 1 aromatic heterocycles. The molecule has 0 radical (unpaired) electrons. The van der Waals surface area contributed by atoms with E-state index in [0.717, 1.165) is 29.1 Å². The van der Waals surface area contributed by atoms with E-state index in [1.54, 1.807) is 0 Å². The number of aryl methyl sites for hydroxylation is 1. The maximum absolute atomic E-state index is 4.69. The first kappa shape index (κ1) is 14.2. The first-order valence-electron chi connectivity index (χ1n) is 6.36. The number of thioether (sulfide) groups is 2. The lowest BCUT2D eigenvalue weighted by Crippen LogP contribution is -2.23. The fourth-order valence-electron chi connectivity index (χ4n) is 1.95. The molecule has 5 heteroatoms. The molecular formula is C13H21N3S2. The van der Waals surface area contributed by atoms with E-state index in [4.69, 9.17) is 0 Å². The minimum Gasteiger partial charge on any atom is -0.316 e. The van der Waals surface area contributed by atoms with Crippen molar-refractivity contribution in [1.82, 2.24) is 15.3 Å². The lowest BCUT2D eigenvalue weighted by atomic mass is 10.2. The SMILES string of the molecule is CNCc1cnc(C2CSC(C)C(C)S2)nc1C. The van der Waals surface area contributed by atoms with Gasteiger partial charge in [-0.25, -0.2) is 9.97 Å². The van der Waals surface area contributed by atoms with Gasteiger partial charge in [0.2, 0.25) is 0 Å². The van der Waals surface area contributed by atoms with E-state index >= 15 is 0 Å². The molecule has 0 amide bonds. The molecule has 2 heterocycles. The van der Waals surface area contributed by atoms with Gasteiger partial charge in [-0.2, -0.15) is 11.8 Å². The molecule has 1 aliphatic heterocycles. The first-order valence-corrected chi connectivity index (χ1v) is 8.35. The maximum atomic E-state index is 4.69. The summed E-state index contributed by atoms with van der Waals surface area (Å²) in [6.45, 7) is 7.52. The van der Waals surface area contributed by atoms with E-state index in [-0.39, 0.29) is 0 Å². The molecule has 1 aliphatic rings. The molecule has 0 bridgehead atoms. The Balaban J connectivity index is 2.12. The predicted octanol–water partition coefficient (Wildman–Crippen LogP) is 2.80. The topological polar surface area (TPSA) is 37.8 Å². The second kappa shape index (κ2) is 6.26. The normalized spacial score (nSPS) is 28.3. The van der Waals surface area contributed by atoms with Gasteiger partial charge in [-0.3, -0.25) is 0 Å². The lowest BCUT2D eigenvalue weighted by Gasteiger charge is -2.30. The van der Waals surface area contributed by atoms with E-state index in [1.165, 1.54) is 5.56 Å². The van der Waals surface area contributed by atoms with Crippen molar-refractivity contribution in [2.75, 3.05) is 12.8 Å². The molecule has 2 rings (SSSR count). The Kier molecular flexibility index (Phi) is 4.92. The third-order valence-corrected chi connectivity index (χ3v) is 6.69. The molecule has 0 aliphatic carbocycles. The maximum Gasteiger partial charge on any atom is 0.142 e. The van der Waals surface area contributed by atoms with E-state index in [2.05, 4.69) is 36.1 Å². The summed E-state index contributed by atoms with van der Waals surface area (Å²) in [5.74, 6) is 2.13.